The van der Waals surface area contributed by atoms with Crippen LogP contribution in [0.4, 0.5) is 0 Å². The summed E-state index contributed by atoms with van der Waals surface area (Å²) in [5.74, 6) is -1.24. The van der Waals surface area contributed by atoms with Crippen LogP contribution in [0.5, 0.6) is 0 Å². The minimum absolute atomic E-state index is 0.152. The highest BCUT2D eigenvalue weighted by Crippen LogP contribution is 2.20. The van der Waals surface area contributed by atoms with Crippen molar-refractivity contribution < 1.29 is 19.1 Å². The SMILES string of the molecule is CC(NC(=O)c1occc1C(C)C)C(=O)O. The topological polar surface area (TPSA) is 79.5 Å². The van der Waals surface area contributed by atoms with E-state index in [-0.39, 0.29) is 11.7 Å². The molecule has 2 N–H and O–H groups in total. The van der Waals surface area contributed by atoms with E-state index in [9.17, 15) is 9.59 Å². The second-order valence-electron chi connectivity index (χ2n) is 3.89. The molecule has 0 radical (unpaired) electrons. The highest BCUT2D eigenvalue weighted by Gasteiger charge is 2.21. The van der Waals surface area contributed by atoms with Gasteiger partial charge in [0.05, 0.1) is 6.26 Å². The van der Waals surface area contributed by atoms with Gasteiger partial charge in [-0.25, -0.2) is 0 Å². The third-order valence-electron chi connectivity index (χ3n) is 2.24. The van der Waals surface area contributed by atoms with Gasteiger partial charge in [0.1, 0.15) is 6.04 Å². The van der Waals surface area contributed by atoms with E-state index in [4.69, 9.17) is 9.52 Å². The molecule has 0 aliphatic heterocycles. The van der Waals surface area contributed by atoms with Crippen LogP contribution < -0.4 is 5.32 Å². The van der Waals surface area contributed by atoms with Crippen molar-refractivity contribution in [2.45, 2.75) is 32.7 Å². The average Bonchev–Trinajstić information content (AvgIpc) is 2.65. The lowest BCUT2D eigenvalue weighted by Gasteiger charge is -2.09. The van der Waals surface area contributed by atoms with Crippen LogP contribution in [0.1, 0.15) is 42.8 Å². The summed E-state index contributed by atoms with van der Waals surface area (Å²) >= 11 is 0. The molecule has 0 aliphatic rings. The minimum atomic E-state index is -1.08. The standard InChI is InChI=1S/C11H15NO4/c1-6(2)8-4-5-16-9(8)10(13)12-7(3)11(14)15/h4-7H,1-3H3,(H,12,13)(H,14,15). The molecule has 1 amide bonds. The van der Waals surface area contributed by atoms with Crippen LogP contribution in [-0.4, -0.2) is 23.0 Å². The number of carboxylic acids is 1. The monoisotopic (exact) mass is 225 g/mol. The summed E-state index contributed by atoms with van der Waals surface area (Å²) in [6.45, 7) is 5.27. The Morgan fingerprint density at radius 2 is 2.00 bits per heavy atom. The smallest absolute Gasteiger partial charge is 0.325 e. The lowest BCUT2D eigenvalue weighted by atomic mass is 10.0. The number of carbonyl (C=O) groups is 2. The molecule has 5 heteroatoms. The predicted octanol–water partition coefficient (Wildman–Crippen LogP) is 1.61. The van der Waals surface area contributed by atoms with Gasteiger partial charge < -0.3 is 14.8 Å². The summed E-state index contributed by atoms with van der Waals surface area (Å²) in [6.07, 6.45) is 1.43. The van der Waals surface area contributed by atoms with E-state index < -0.39 is 17.9 Å². The molecule has 16 heavy (non-hydrogen) atoms. The van der Waals surface area contributed by atoms with Crippen LogP contribution in [0.15, 0.2) is 16.7 Å². The molecule has 0 saturated carbocycles. The first-order valence-corrected chi connectivity index (χ1v) is 5.04. The number of nitrogens with one attached hydrogen (secondary N) is 1. The average molecular weight is 225 g/mol. The Bertz CT molecular complexity index is 394. The van der Waals surface area contributed by atoms with Gasteiger partial charge in [-0.2, -0.15) is 0 Å². The van der Waals surface area contributed by atoms with Gasteiger partial charge in [0.2, 0.25) is 0 Å². The lowest BCUT2D eigenvalue weighted by Crippen LogP contribution is -2.38. The molecule has 0 bridgehead atoms. The second kappa shape index (κ2) is 4.83. The number of amides is 1. The third kappa shape index (κ3) is 2.62. The first kappa shape index (κ1) is 12.3. The quantitative estimate of drug-likeness (QED) is 0.815. The van der Waals surface area contributed by atoms with Crippen molar-refractivity contribution in [3.05, 3.63) is 23.7 Å². The fraction of sp³-hybridized carbons (Fsp3) is 0.455. The van der Waals surface area contributed by atoms with Crippen molar-refractivity contribution >= 4 is 11.9 Å². The van der Waals surface area contributed by atoms with E-state index in [0.29, 0.717) is 0 Å². The summed E-state index contributed by atoms with van der Waals surface area (Å²) in [7, 11) is 0. The van der Waals surface area contributed by atoms with Crippen molar-refractivity contribution in [1.82, 2.24) is 5.32 Å². The van der Waals surface area contributed by atoms with E-state index in [1.54, 1.807) is 6.07 Å². The molecular formula is C11H15NO4. The minimum Gasteiger partial charge on any atom is -0.480 e. The van der Waals surface area contributed by atoms with Gasteiger partial charge in [0.15, 0.2) is 5.76 Å². The van der Waals surface area contributed by atoms with Gasteiger partial charge in [-0.1, -0.05) is 13.8 Å². The molecule has 88 valence electrons. The number of hydrogen-bond acceptors (Lipinski definition) is 3. The largest absolute Gasteiger partial charge is 0.480 e. The predicted molar refractivity (Wildman–Crippen MR) is 57.4 cm³/mol. The molecule has 0 fully saturated rings. The first-order chi connectivity index (χ1) is 7.43. The molecule has 1 heterocycles. The molecule has 1 aromatic heterocycles. The van der Waals surface area contributed by atoms with Crippen molar-refractivity contribution in [3.63, 3.8) is 0 Å². The van der Waals surface area contributed by atoms with E-state index in [1.165, 1.54) is 13.2 Å². The Morgan fingerprint density at radius 3 is 2.50 bits per heavy atom. The Kier molecular flexibility index (Phi) is 3.71. The van der Waals surface area contributed by atoms with Gasteiger partial charge in [0.25, 0.3) is 5.91 Å². The number of carboxylic acid groups (broad SMARTS) is 1. The molecule has 1 aromatic rings. The third-order valence-corrected chi connectivity index (χ3v) is 2.24. The molecular weight excluding hydrogens is 210 g/mol. The zero-order valence-corrected chi connectivity index (χ0v) is 9.48. The zero-order valence-electron chi connectivity index (χ0n) is 9.48. The number of rotatable bonds is 4. The molecule has 0 spiro atoms. The summed E-state index contributed by atoms with van der Waals surface area (Å²) in [6, 6.07) is 0.781. The molecule has 1 unspecified atom stereocenters. The fourth-order valence-corrected chi connectivity index (χ4v) is 1.28. The normalized spacial score (nSPS) is 12.5. The summed E-state index contributed by atoms with van der Waals surface area (Å²) in [5.41, 5.74) is 0.773. The van der Waals surface area contributed by atoms with Crippen LogP contribution in [-0.2, 0) is 4.79 Å². The second-order valence-corrected chi connectivity index (χ2v) is 3.89. The van der Waals surface area contributed by atoms with Crippen molar-refractivity contribution in [3.8, 4) is 0 Å². The number of hydrogen-bond donors (Lipinski definition) is 2. The van der Waals surface area contributed by atoms with Gasteiger partial charge in [-0.15, -0.1) is 0 Å². The lowest BCUT2D eigenvalue weighted by molar-refractivity contribution is -0.138. The highest BCUT2D eigenvalue weighted by atomic mass is 16.4. The van der Waals surface area contributed by atoms with Crippen molar-refractivity contribution in [2.75, 3.05) is 0 Å². The van der Waals surface area contributed by atoms with Gasteiger partial charge in [0, 0.05) is 5.56 Å². The van der Waals surface area contributed by atoms with Gasteiger partial charge in [-0.05, 0) is 18.9 Å². The maximum Gasteiger partial charge on any atom is 0.325 e. The van der Waals surface area contributed by atoms with Crippen LogP contribution in [0, 0.1) is 0 Å². The summed E-state index contributed by atoms with van der Waals surface area (Å²) < 4.78 is 5.06. The Hall–Kier alpha value is -1.78. The summed E-state index contributed by atoms with van der Waals surface area (Å²) in [4.78, 5) is 22.3. The number of aliphatic carboxylic acids is 1. The highest BCUT2D eigenvalue weighted by molar-refractivity contribution is 5.95. The number of carbonyl (C=O) groups excluding carboxylic acids is 1. The zero-order chi connectivity index (χ0) is 12.3. The molecule has 1 atom stereocenters. The fourth-order valence-electron chi connectivity index (χ4n) is 1.28. The maximum absolute atomic E-state index is 11.7. The van der Waals surface area contributed by atoms with E-state index in [1.807, 2.05) is 13.8 Å². The Balaban J connectivity index is 2.81. The molecule has 0 aromatic carbocycles. The van der Waals surface area contributed by atoms with Gasteiger partial charge in [-0.3, -0.25) is 9.59 Å². The van der Waals surface area contributed by atoms with Crippen molar-refractivity contribution in [1.29, 1.82) is 0 Å². The van der Waals surface area contributed by atoms with E-state index in [0.717, 1.165) is 5.56 Å². The van der Waals surface area contributed by atoms with Crippen LogP contribution >= 0.6 is 0 Å². The summed E-state index contributed by atoms with van der Waals surface area (Å²) in [5, 5.41) is 11.0. The first-order valence-electron chi connectivity index (χ1n) is 5.04. The molecule has 5 nitrogen and oxygen atoms in total. The van der Waals surface area contributed by atoms with Gasteiger partial charge >= 0.3 is 5.97 Å². The Labute approximate surface area is 93.4 Å². The maximum atomic E-state index is 11.7. The Morgan fingerprint density at radius 1 is 1.38 bits per heavy atom. The van der Waals surface area contributed by atoms with Crippen LogP contribution in [0.3, 0.4) is 0 Å². The van der Waals surface area contributed by atoms with Crippen LogP contribution in [0.2, 0.25) is 0 Å². The van der Waals surface area contributed by atoms with E-state index >= 15 is 0 Å². The molecule has 0 aliphatic carbocycles. The molecule has 1 rings (SSSR count). The van der Waals surface area contributed by atoms with E-state index in [2.05, 4.69) is 5.32 Å². The molecule has 0 saturated heterocycles. The number of furan rings is 1. The van der Waals surface area contributed by atoms with Crippen molar-refractivity contribution in [2.24, 2.45) is 0 Å². The van der Waals surface area contributed by atoms with Crippen LogP contribution in [0.25, 0.3) is 0 Å².